The maximum Gasteiger partial charge on any atom is 0.573 e. The summed E-state index contributed by atoms with van der Waals surface area (Å²) in [6, 6.07) is 4.86. The lowest BCUT2D eigenvalue weighted by molar-refractivity contribution is -0.274. The molecule has 122 valence electrons. The number of halogens is 3. The summed E-state index contributed by atoms with van der Waals surface area (Å²) in [6.45, 7) is 3.94. The second-order valence-electron chi connectivity index (χ2n) is 5.68. The summed E-state index contributed by atoms with van der Waals surface area (Å²) in [4.78, 5) is 12.0. The molecule has 0 spiro atoms. The molecule has 0 aromatic heterocycles. The van der Waals surface area contributed by atoms with E-state index < -0.39 is 6.36 Å². The Hall–Kier alpha value is -1.76. The molecule has 22 heavy (non-hydrogen) atoms. The van der Waals surface area contributed by atoms with E-state index in [9.17, 15) is 18.0 Å². The van der Waals surface area contributed by atoms with Gasteiger partial charge in [-0.1, -0.05) is 6.92 Å². The quantitative estimate of drug-likeness (QED) is 0.928. The Labute approximate surface area is 126 Å². The van der Waals surface area contributed by atoms with Crippen molar-refractivity contribution in [3.05, 3.63) is 29.8 Å². The number of benzene rings is 1. The zero-order chi connectivity index (χ0) is 16.2. The van der Waals surface area contributed by atoms with Gasteiger partial charge >= 0.3 is 6.36 Å². The highest BCUT2D eigenvalue weighted by Gasteiger charge is 2.31. The highest BCUT2D eigenvalue weighted by Crippen LogP contribution is 2.29. The summed E-state index contributed by atoms with van der Waals surface area (Å²) in [6.07, 6.45) is -3.00. The fraction of sp³-hybridized carbons (Fsp3) is 0.533. The van der Waals surface area contributed by atoms with Gasteiger partial charge in [-0.05, 0) is 42.5 Å². The molecule has 1 aromatic carbocycles. The second kappa shape index (κ2) is 6.56. The predicted octanol–water partition coefficient (Wildman–Crippen LogP) is 3.13. The fourth-order valence-electron chi connectivity index (χ4n) is 2.24. The second-order valence-corrected chi connectivity index (χ2v) is 5.68. The fourth-order valence-corrected chi connectivity index (χ4v) is 2.24. The van der Waals surface area contributed by atoms with E-state index in [4.69, 9.17) is 4.74 Å². The Morgan fingerprint density at radius 3 is 2.41 bits per heavy atom. The third-order valence-corrected chi connectivity index (χ3v) is 3.73. The highest BCUT2D eigenvalue weighted by molar-refractivity contribution is 5.94. The molecule has 0 saturated carbocycles. The molecule has 2 rings (SSSR count). The number of carbonyl (C=O) groups excluding carboxylic acids is 1. The first-order valence-corrected chi connectivity index (χ1v) is 6.99. The first-order valence-electron chi connectivity index (χ1n) is 6.99. The van der Waals surface area contributed by atoms with Crippen molar-refractivity contribution in [3.8, 4) is 5.75 Å². The van der Waals surface area contributed by atoms with E-state index >= 15 is 0 Å². The largest absolute Gasteiger partial charge is 0.573 e. The van der Waals surface area contributed by atoms with Crippen molar-refractivity contribution in [1.82, 2.24) is 5.32 Å². The molecule has 1 aliphatic rings. The van der Waals surface area contributed by atoms with Crippen LogP contribution in [0.4, 0.5) is 13.2 Å². The summed E-state index contributed by atoms with van der Waals surface area (Å²) in [5.74, 6) is -0.660. The zero-order valence-electron chi connectivity index (χ0n) is 12.2. The summed E-state index contributed by atoms with van der Waals surface area (Å²) in [5.41, 5.74) is 0.290. The summed E-state index contributed by atoms with van der Waals surface area (Å²) in [5, 5.41) is 2.82. The molecule has 1 aromatic rings. The van der Waals surface area contributed by atoms with Crippen molar-refractivity contribution >= 4 is 5.91 Å². The molecule has 1 aliphatic heterocycles. The first-order chi connectivity index (χ1) is 10.3. The van der Waals surface area contributed by atoms with Gasteiger partial charge in [0.05, 0.1) is 0 Å². The van der Waals surface area contributed by atoms with Gasteiger partial charge in [-0.15, -0.1) is 13.2 Å². The normalized spacial score (nSPS) is 17.8. The van der Waals surface area contributed by atoms with E-state index in [2.05, 4.69) is 17.0 Å². The van der Waals surface area contributed by atoms with Gasteiger partial charge in [0.2, 0.25) is 0 Å². The molecule has 0 aliphatic carbocycles. The number of hydrogen-bond donors (Lipinski definition) is 1. The molecule has 1 amide bonds. The Balaban J connectivity index is 1.89. The number of hydrogen-bond acceptors (Lipinski definition) is 3. The zero-order valence-corrected chi connectivity index (χ0v) is 12.2. The number of rotatable bonds is 4. The average molecular weight is 317 g/mol. The van der Waals surface area contributed by atoms with Crippen LogP contribution in [0.25, 0.3) is 0 Å². The number of amides is 1. The third-order valence-electron chi connectivity index (χ3n) is 3.73. The van der Waals surface area contributed by atoms with Crippen molar-refractivity contribution in [2.75, 3.05) is 19.8 Å². The third kappa shape index (κ3) is 4.91. The number of ether oxygens (including phenoxy) is 2. The van der Waals surface area contributed by atoms with Crippen LogP contribution >= 0.6 is 0 Å². The van der Waals surface area contributed by atoms with E-state index in [1.165, 1.54) is 12.1 Å². The van der Waals surface area contributed by atoms with Gasteiger partial charge in [-0.2, -0.15) is 0 Å². The minimum absolute atomic E-state index is 0.00670. The Morgan fingerprint density at radius 1 is 1.27 bits per heavy atom. The maximum atomic E-state index is 12.1. The van der Waals surface area contributed by atoms with Crippen molar-refractivity contribution in [2.45, 2.75) is 26.1 Å². The molecule has 1 heterocycles. The molecular weight excluding hydrogens is 299 g/mol. The Bertz CT molecular complexity index is 508. The van der Waals surface area contributed by atoms with Crippen LogP contribution in [0, 0.1) is 5.41 Å². The molecule has 7 heteroatoms. The molecule has 1 saturated heterocycles. The SMILES string of the molecule is CC1(CNC(=O)c2ccc(OC(F)(F)F)cc2)CCOCC1. The molecule has 0 radical (unpaired) electrons. The highest BCUT2D eigenvalue weighted by atomic mass is 19.4. The van der Waals surface area contributed by atoms with Gasteiger partial charge in [0.1, 0.15) is 5.75 Å². The number of carbonyl (C=O) groups is 1. The topological polar surface area (TPSA) is 47.6 Å². The molecule has 0 atom stereocenters. The lowest BCUT2D eigenvalue weighted by Gasteiger charge is -2.33. The Kier molecular flexibility index (Phi) is 4.95. The van der Waals surface area contributed by atoms with Gasteiger partial charge in [-0.25, -0.2) is 0 Å². The lowest BCUT2D eigenvalue weighted by Crippen LogP contribution is -2.39. The van der Waals surface area contributed by atoms with E-state index in [0.29, 0.717) is 25.3 Å². The molecular formula is C15H18F3NO3. The summed E-state index contributed by atoms with van der Waals surface area (Å²) in [7, 11) is 0. The van der Waals surface area contributed by atoms with Gasteiger partial charge in [0, 0.05) is 25.3 Å². The van der Waals surface area contributed by atoms with Crippen LogP contribution in [0.2, 0.25) is 0 Å². The lowest BCUT2D eigenvalue weighted by atomic mass is 9.82. The van der Waals surface area contributed by atoms with Crippen LogP contribution in [-0.4, -0.2) is 32.0 Å². The monoisotopic (exact) mass is 317 g/mol. The van der Waals surface area contributed by atoms with Crippen molar-refractivity contribution in [2.24, 2.45) is 5.41 Å². The van der Waals surface area contributed by atoms with Gasteiger partial charge in [0.15, 0.2) is 0 Å². The van der Waals surface area contributed by atoms with Crippen molar-refractivity contribution in [3.63, 3.8) is 0 Å². The van der Waals surface area contributed by atoms with Crippen LogP contribution in [0.15, 0.2) is 24.3 Å². The van der Waals surface area contributed by atoms with Crippen LogP contribution < -0.4 is 10.1 Å². The van der Waals surface area contributed by atoms with Crippen LogP contribution in [-0.2, 0) is 4.74 Å². The van der Waals surface area contributed by atoms with Gasteiger partial charge in [-0.3, -0.25) is 4.79 Å². The standard InChI is InChI=1S/C15H18F3NO3/c1-14(6-8-21-9-7-14)10-19-13(20)11-2-4-12(5-3-11)22-15(16,17)18/h2-5H,6-10H2,1H3,(H,19,20). The molecule has 4 nitrogen and oxygen atoms in total. The Morgan fingerprint density at radius 2 is 1.86 bits per heavy atom. The van der Waals surface area contributed by atoms with E-state index in [1.807, 2.05) is 0 Å². The molecule has 1 N–H and O–H groups in total. The van der Waals surface area contributed by atoms with Crippen LogP contribution in [0.1, 0.15) is 30.1 Å². The molecule has 0 bridgehead atoms. The summed E-state index contributed by atoms with van der Waals surface area (Å²) < 4.78 is 45.2. The van der Waals surface area contributed by atoms with E-state index in [1.54, 1.807) is 0 Å². The minimum atomic E-state index is -4.73. The van der Waals surface area contributed by atoms with Gasteiger partial charge < -0.3 is 14.8 Å². The predicted molar refractivity (Wildman–Crippen MR) is 73.6 cm³/mol. The van der Waals surface area contributed by atoms with Crippen LogP contribution in [0.5, 0.6) is 5.75 Å². The summed E-state index contributed by atoms with van der Waals surface area (Å²) >= 11 is 0. The van der Waals surface area contributed by atoms with Crippen molar-refractivity contribution < 1.29 is 27.4 Å². The molecule has 0 unspecified atom stereocenters. The number of nitrogens with one attached hydrogen (secondary N) is 1. The maximum absolute atomic E-state index is 12.1. The number of alkyl halides is 3. The van der Waals surface area contributed by atoms with E-state index in [-0.39, 0.29) is 17.1 Å². The smallest absolute Gasteiger partial charge is 0.406 e. The van der Waals surface area contributed by atoms with Gasteiger partial charge in [0.25, 0.3) is 5.91 Å². The molecule has 1 fully saturated rings. The minimum Gasteiger partial charge on any atom is -0.406 e. The average Bonchev–Trinajstić information content (AvgIpc) is 2.45. The first kappa shape index (κ1) is 16.6. The van der Waals surface area contributed by atoms with Crippen LogP contribution in [0.3, 0.4) is 0 Å². The van der Waals surface area contributed by atoms with Crippen molar-refractivity contribution in [1.29, 1.82) is 0 Å². The van der Waals surface area contributed by atoms with E-state index in [0.717, 1.165) is 25.0 Å².